The Labute approximate surface area is 232 Å². The van der Waals surface area contributed by atoms with E-state index in [4.69, 9.17) is 0 Å². The molecule has 2 heterocycles. The van der Waals surface area contributed by atoms with E-state index in [9.17, 15) is 41.4 Å². The molecule has 0 spiro atoms. The van der Waals surface area contributed by atoms with E-state index in [0.717, 1.165) is 4.90 Å². The van der Waals surface area contributed by atoms with Crippen molar-refractivity contribution in [1.82, 2.24) is 4.98 Å². The van der Waals surface area contributed by atoms with E-state index in [1.165, 1.54) is 27.1 Å². The minimum Gasteiger partial charge on any atom is -0.394 e. The molecule has 4 rings (SSSR count). The highest BCUT2D eigenvalue weighted by atomic mass is 19.4. The third-order valence-corrected chi connectivity index (χ3v) is 7.36. The van der Waals surface area contributed by atoms with Gasteiger partial charge in [0, 0.05) is 19.2 Å². The van der Waals surface area contributed by atoms with Crippen LogP contribution in [0.1, 0.15) is 37.0 Å². The molecule has 0 saturated carbocycles. The summed E-state index contributed by atoms with van der Waals surface area (Å²) < 4.78 is 81.2. The first-order valence-electron chi connectivity index (χ1n) is 12.7. The fourth-order valence-electron chi connectivity index (χ4n) is 5.02. The van der Waals surface area contributed by atoms with Gasteiger partial charge in [-0.15, -0.1) is 0 Å². The quantitative estimate of drug-likeness (QED) is 0.368. The van der Waals surface area contributed by atoms with Crippen LogP contribution in [0.3, 0.4) is 0 Å². The van der Waals surface area contributed by atoms with Gasteiger partial charge in [-0.05, 0) is 55.7 Å². The Morgan fingerprint density at radius 1 is 0.976 bits per heavy atom. The predicted octanol–water partition coefficient (Wildman–Crippen LogP) is 5.66. The van der Waals surface area contributed by atoms with Crippen LogP contribution >= 0.6 is 0 Å². The zero-order chi connectivity index (χ0) is 30.3. The molecule has 2 atom stereocenters. The van der Waals surface area contributed by atoms with Gasteiger partial charge in [0.2, 0.25) is 5.91 Å². The molecule has 2 aromatic carbocycles. The summed E-state index contributed by atoms with van der Waals surface area (Å²) in [6, 6.07) is 11.3. The van der Waals surface area contributed by atoms with Crippen LogP contribution in [-0.4, -0.2) is 53.4 Å². The highest BCUT2D eigenvalue weighted by molar-refractivity contribution is 6.03. The van der Waals surface area contributed by atoms with Crippen LogP contribution < -0.4 is 9.80 Å². The van der Waals surface area contributed by atoms with E-state index in [1.54, 1.807) is 41.3 Å². The molecular weight excluding hydrogens is 552 g/mol. The normalized spacial score (nSPS) is 18.1. The number of halogens is 6. The summed E-state index contributed by atoms with van der Waals surface area (Å²) in [6.07, 6.45) is -9.07. The lowest BCUT2D eigenvalue weighted by atomic mass is 9.81. The van der Waals surface area contributed by atoms with Gasteiger partial charge in [-0.3, -0.25) is 4.79 Å². The van der Waals surface area contributed by atoms with Crippen molar-refractivity contribution in [2.75, 3.05) is 30.0 Å². The maximum absolute atomic E-state index is 13.8. The highest BCUT2D eigenvalue weighted by Crippen LogP contribution is 2.41. The lowest BCUT2D eigenvalue weighted by Crippen LogP contribution is -2.42. The molecule has 1 aromatic heterocycles. The van der Waals surface area contributed by atoms with Gasteiger partial charge in [0.1, 0.15) is 5.82 Å². The molecule has 3 aromatic rings. The Morgan fingerprint density at radius 2 is 1.54 bits per heavy atom. The number of hydrogen-bond donors (Lipinski definition) is 2. The van der Waals surface area contributed by atoms with Crippen LogP contribution in [-0.2, 0) is 22.6 Å². The van der Waals surface area contributed by atoms with E-state index in [0.29, 0.717) is 35.5 Å². The molecule has 6 nitrogen and oxygen atoms in total. The number of aliphatic hydroxyl groups excluding tert-OH is 2. The van der Waals surface area contributed by atoms with Crippen molar-refractivity contribution in [3.63, 3.8) is 0 Å². The summed E-state index contributed by atoms with van der Waals surface area (Å²) in [5, 5.41) is 19.9. The molecule has 1 fully saturated rings. The predicted molar refractivity (Wildman–Crippen MR) is 141 cm³/mol. The molecule has 220 valence electrons. The van der Waals surface area contributed by atoms with Crippen molar-refractivity contribution in [3.8, 4) is 11.1 Å². The second-order valence-corrected chi connectivity index (χ2v) is 10.6. The van der Waals surface area contributed by atoms with E-state index in [1.807, 2.05) is 0 Å². The standard InChI is InChI=1S/C29H29F6N3O3/c1-27(2,18-9-19(28(30,31)32)11-20(10-18)29(33,34)35)26(41)37(3)24-14-36-25(38-15-22(40)12-21(38)16-39)13-23(24)17-7-5-4-6-8-17/h4-11,13-14,21-22,39-40H,12,15-16H2,1-3H3. The van der Waals surface area contributed by atoms with Gasteiger partial charge in [0.05, 0.1) is 47.2 Å². The van der Waals surface area contributed by atoms with Crippen LogP contribution in [0.25, 0.3) is 11.1 Å². The average Bonchev–Trinajstić information content (AvgIpc) is 3.31. The van der Waals surface area contributed by atoms with Gasteiger partial charge < -0.3 is 20.0 Å². The van der Waals surface area contributed by atoms with Gasteiger partial charge in [0.25, 0.3) is 0 Å². The first kappa shape index (κ1) is 30.3. The first-order chi connectivity index (χ1) is 19.0. The number of likely N-dealkylation sites (N-methyl/N-ethyl adjacent to an activating group) is 1. The number of alkyl halides is 6. The largest absolute Gasteiger partial charge is 0.416 e. The number of amides is 1. The van der Waals surface area contributed by atoms with Crippen LogP contribution in [0.2, 0.25) is 0 Å². The zero-order valence-electron chi connectivity index (χ0n) is 22.5. The lowest BCUT2D eigenvalue weighted by Gasteiger charge is -2.32. The summed E-state index contributed by atoms with van der Waals surface area (Å²) in [4.78, 5) is 21.2. The summed E-state index contributed by atoms with van der Waals surface area (Å²) in [7, 11) is 1.38. The summed E-state index contributed by atoms with van der Waals surface area (Å²) in [6.45, 7) is 2.54. The first-order valence-corrected chi connectivity index (χ1v) is 12.7. The maximum Gasteiger partial charge on any atom is 0.416 e. The number of benzene rings is 2. The Balaban J connectivity index is 1.79. The number of anilines is 2. The lowest BCUT2D eigenvalue weighted by molar-refractivity contribution is -0.143. The fraction of sp³-hybridized carbons (Fsp3) is 0.379. The molecule has 0 radical (unpaired) electrons. The van der Waals surface area contributed by atoms with Crippen molar-refractivity contribution in [1.29, 1.82) is 0 Å². The number of carbonyl (C=O) groups excluding carboxylic acids is 1. The Hall–Kier alpha value is -3.64. The minimum atomic E-state index is -5.06. The molecule has 12 heteroatoms. The molecule has 1 saturated heterocycles. The van der Waals surface area contributed by atoms with Gasteiger partial charge in [-0.25, -0.2) is 4.98 Å². The van der Waals surface area contributed by atoms with Crippen LogP contribution in [0.4, 0.5) is 37.8 Å². The average molecular weight is 582 g/mol. The van der Waals surface area contributed by atoms with Crippen molar-refractivity contribution in [2.24, 2.45) is 0 Å². The molecule has 1 amide bonds. The van der Waals surface area contributed by atoms with Crippen LogP contribution in [0.5, 0.6) is 0 Å². The maximum atomic E-state index is 13.8. The Morgan fingerprint density at radius 3 is 2.07 bits per heavy atom. The number of carbonyl (C=O) groups is 1. The van der Waals surface area contributed by atoms with E-state index in [2.05, 4.69) is 4.98 Å². The van der Waals surface area contributed by atoms with Gasteiger partial charge in [-0.1, -0.05) is 30.3 Å². The third-order valence-electron chi connectivity index (χ3n) is 7.36. The number of hydrogen-bond acceptors (Lipinski definition) is 5. The van der Waals surface area contributed by atoms with E-state index >= 15 is 0 Å². The Bertz CT molecular complexity index is 1380. The van der Waals surface area contributed by atoms with Crippen molar-refractivity contribution in [2.45, 2.75) is 50.2 Å². The zero-order valence-corrected chi connectivity index (χ0v) is 22.5. The molecule has 1 aliphatic rings. The molecule has 41 heavy (non-hydrogen) atoms. The molecule has 0 bridgehead atoms. The Kier molecular flexibility index (Phi) is 8.12. The monoisotopic (exact) mass is 581 g/mol. The number of aliphatic hydroxyl groups is 2. The van der Waals surface area contributed by atoms with E-state index < -0.39 is 46.5 Å². The van der Waals surface area contributed by atoms with Crippen LogP contribution in [0.15, 0.2) is 60.8 Å². The number of rotatable bonds is 6. The number of aromatic nitrogens is 1. The summed E-state index contributed by atoms with van der Waals surface area (Å²) >= 11 is 0. The van der Waals surface area contributed by atoms with Crippen molar-refractivity contribution < 1.29 is 41.4 Å². The number of pyridine rings is 1. The van der Waals surface area contributed by atoms with E-state index in [-0.39, 0.29) is 30.9 Å². The second-order valence-electron chi connectivity index (χ2n) is 10.6. The molecular formula is C29H29F6N3O3. The number of nitrogens with zero attached hydrogens (tertiary/aromatic N) is 3. The second kappa shape index (κ2) is 11.0. The van der Waals surface area contributed by atoms with Gasteiger partial charge in [0.15, 0.2) is 0 Å². The van der Waals surface area contributed by atoms with Gasteiger partial charge in [-0.2, -0.15) is 26.3 Å². The highest BCUT2D eigenvalue weighted by Gasteiger charge is 2.41. The fourth-order valence-corrected chi connectivity index (χ4v) is 5.02. The van der Waals surface area contributed by atoms with Crippen molar-refractivity contribution in [3.05, 3.63) is 77.5 Å². The van der Waals surface area contributed by atoms with Gasteiger partial charge >= 0.3 is 12.4 Å². The minimum absolute atomic E-state index is 0.0266. The third kappa shape index (κ3) is 6.18. The molecule has 2 N–H and O–H groups in total. The number of β-amino-alcohol motifs (C(OH)–C–C–N with tert-alkyl or cyclic N) is 1. The molecule has 2 unspecified atom stereocenters. The van der Waals surface area contributed by atoms with Crippen molar-refractivity contribution >= 4 is 17.4 Å². The summed E-state index contributed by atoms with van der Waals surface area (Å²) in [5.41, 5.74) is -3.81. The molecule has 0 aliphatic carbocycles. The SMILES string of the molecule is CN(C(=O)C(C)(C)c1cc(C(F)(F)F)cc(C(F)(F)F)c1)c1cnc(N2CC(O)CC2CO)cc1-c1ccccc1. The van der Waals surface area contributed by atoms with Crippen LogP contribution in [0, 0.1) is 0 Å². The smallest absolute Gasteiger partial charge is 0.394 e. The topological polar surface area (TPSA) is 76.9 Å². The molecule has 1 aliphatic heterocycles. The summed E-state index contributed by atoms with van der Waals surface area (Å²) in [5.74, 6) is -0.336.